The highest BCUT2D eigenvalue weighted by Gasteiger charge is 2.22. The van der Waals surface area contributed by atoms with Crippen LogP contribution < -0.4 is 14.8 Å². The minimum Gasteiger partial charge on any atom is -0.454 e. The van der Waals surface area contributed by atoms with Gasteiger partial charge in [0.25, 0.3) is 5.91 Å². The van der Waals surface area contributed by atoms with E-state index in [0.29, 0.717) is 23.0 Å². The minimum absolute atomic E-state index is 0.207. The molecule has 0 bridgehead atoms. The van der Waals surface area contributed by atoms with Gasteiger partial charge in [0, 0.05) is 5.56 Å². The fourth-order valence-corrected chi connectivity index (χ4v) is 2.60. The number of benzene rings is 2. The molecule has 1 N–H and O–H groups in total. The van der Waals surface area contributed by atoms with Crippen molar-refractivity contribution in [1.29, 1.82) is 0 Å². The number of amidine groups is 1. The van der Waals surface area contributed by atoms with Crippen LogP contribution in [0.25, 0.3) is 6.08 Å². The van der Waals surface area contributed by atoms with E-state index in [4.69, 9.17) is 9.47 Å². The number of nitrogens with one attached hydrogen (secondary N) is 1. The normalized spacial score (nSPS) is 17.3. The lowest BCUT2D eigenvalue weighted by molar-refractivity contribution is -0.115. The van der Waals surface area contributed by atoms with Gasteiger partial charge >= 0.3 is 0 Å². The SMILES string of the molecule is Cc1ccccc1C1=N/C(=C/c2ccc3c(c2)OCO3)C(=O)N1. The van der Waals surface area contributed by atoms with E-state index < -0.39 is 0 Å². The van der Waals surface area contributed by atoms with Crippen molar-refractivity contribution in [3.8, 4) is 11.5 Å². The Morgan fingerprint density at radius 2 is 1.96 bits per heavy atom. The Bertz CT molecular complexity index is 868. The van der Waals surface area contributed by atoms with Crippen molar-refractivity contribution < 1.29 is 14.3 Å². The molecule has 5 nitrogen and oxygen atoms in total. The van der Waals surface area contributed by atoms with Gasteiger partial charge in [-0.25, -0.2) is 4.99 Å². The number of hydrogen-bond donors (Lipinski definition) is 1. The number of aliphatic imine (C=N–C) groups is 1. The molecule has 2 heterocycles. The lowest BCUT2D eigenvalue weighted by Crippen LogP contribution is -2.25. The van der Waals surface area contributed by atoms with Crippen LogP contribution in [0, 0.1) is 6.92 Å². The lowest BCUT2D eigenvalue weighted by atomic mass is 10.1. The fraction of sp³-hybridized carbons (Fsp3) is 0.111. The molecule has 2 aliphatic heterocycles. The zero-order valence-electron chi connectivity index (χ0n) is 12.5. The van der Waals surface area contributed by atoms with Crippen LogP contribution in [0.15, 0.2) is 53.2 Å². The van der Waals surface area contributed by atoms with Crippen molar-refractivity contribution in [3.63, 3.8) is 0 Å². The lowest BCUT2D eigenvalue weighted by Gasteiger charge is -2.03. The Kier molecular flexibility index (Phi) is 3.12. The Labute approximate surface area is 133 Å². The van der Waals surface area contributed by atoms with Crippen molar-refractivity contribution in [2.45, 2.75) is 6.92 Å². The monoisotopic (exact) mass is 306 g/mol. The highest BCUT2D eigenvalue weighted by atomic mass is 16.7. The number of carbonyl (C=O) groups excluding carboxylic acids is 1. The van der Waals surface area contributed by atoms with Crippen molar-refractivity contribution in [3.05, 3.63) is 64.9 Å². The first-order valence-electron chi connectivity index (χ1n) is 7.28. The molecule has 0 unspecified atom stereocenters. The van der Waals surface area contributed by atoms with Gasteiger partial charge in [0.05, 0.1) is 0 Å². The highest BCUT2D eigenvalue weighted by Crippen LogP contribution is 2.33. The Morgan fingerprint density at radius 3 is 2.83 bits per heavy atom. The van der Waals surface area contributed by atoms with Gasteiger partial charge in [0.1, 0.15) is 11.5 Å². The summed E-state index contributed by atoms with van der Waals surface area (Å²) >= 11 is 0. The average Bonchev–Trinajstić information content (AvgIpc) is 3.14. The van der Waals surface area contributed by atoms with E-state index in [-0.39, 0.29) is 12.7 Å². The van der Waals surface area contributed by atoms with Crippen molar-refractivity contribution in [2.75, 3.05) is 6.79 Å². The molecule has 4 rings (SSSR count). The third-order valence-corrected chi connectivity index (χ3v) is 3.80. The smallest absolute Gasteiger partial charge is 0.275 e. The van der Waals surface area contributed by atoms with Crippen molar-refractivity contribution in [1.82, 2.24) is 5.32 Å². The van der Waals surface area contributed by atoms with Crippen LogP contribution in [-0.2, 0) is 4.79 Å². The topological polar surface area (TPSA) is 59.9 Å². The molecule has 0 aromatic heterocycles. The van der Waals surface area contributed by atoms with Crippen molar-refractivity contribution >= 4 is 17.8 Å². The number of nitrogens with zero attached hydrogens (tertiary/aromatic N) is 1. The minimum atomic E-state index is -0.207. The maximum Gasteiger partial charge on any atom is 0.275 e. The zero-order valence-corrected chi connectivity index (χ0v) is 12.5. The molecule has 0 spiro atoms. The second-order valence-corrected chi connectivity index (χ2v) is 5.37. The predicted molar refractivity (Wildman–Crippen MR) is 86.4 cm³/mol. The van der Waals surface area contributed by atoms with E-state index in [1.807, 2.05) is 49.4 Å². The summed E-state index contributed by atoms with van der Waals surface area (Å²) in [5.41, 5.74) is 3.21. The average molecular weight is 306 g/mol. The van der Waals surface area contributed by atoms with Crippen LogP contribution in [0.5, 0.6) is 11.5 Å². The molecular formula is C18H14N2O3. The van der Waals surface area contributed by atoms with E-state index in [1.54, 1.807) is 6.08 Å². The van der Waals surface area contributed by atoms with E-state index >= 15 is 0 Å². The van der Waals surface area contributed by atoms with E-state index in [9.17, 15) is 4.79 Å². The van der Waals surface area contributed by atoms with Gasteiger partial charge in [-0.05, 0) is 36.3 Å². The van der Waals surface area contributed by atoms with Crippen LogP contribution >= 0.6 is 0 Å². The Morgan fingerprint density at radius 1 is 1.13 bits per heavy atom. The molecule has 114 valence electrons. The molecule has 0 radical (unpaired) electrons. The van der Waals surface area contributed by atoms with Crippen LogP contribution in [0.1, 0.15) is 16.7 Å². The summed E-state index contributed by atoms with van der Waals surface area (Å²) in [5.74, 6) is 1.77. The maximum atomic E-state index is 12.2. The van der Waals surface area contributed by atoms with Gasteiger partial charge in [-0.1, -0.05) is 30.3 Å². The number of fused-ring (bicyclic) bond motifs is 1. The summed E-state index contributed by atoms with van der Waals surface area (Å²) in [7, 11) is 0. The first-order chi connectivity index (χ1) is 11.2. The molecule has 0 saturated carbocycles. The van der Waals surface area contributed by atoms with Gasteiger partial charge in [-0.3, -0.25) is 4.79 Å². The maximum absolute atomic E-state index is 12.2. The quantitative estimate of drug-likeness (QED) is 0.868. The molecule has 0 fully saturated rings. The zero-order chi connectivity index (χ0) is 15.8. The number of carbonyl (C=O) groups is 1. The Balaban J connectivity index is 1.69. The molecule has 2 aliphatic rings. The summed E-state index contributed by atoms with van der Waals surface area (Å²) in [5, 5.41) is 2.82. The van der Waals surface area contributed by atoms with Gasteiger partial charge < -0.3 is 14.8 Å². The van der Waals surface area contributed by atoms with Gasteiger partial charge in [0.15, 0.2) is 11.5 Å². The van der Waals surface area contributed by atoms with Gasteiger partial charge in [0.2, 0.25) is 6.79 Å². The van der Waals surface area contributed by atoms with Gasteiger partial charge in [-0.2, -0.15) is 0 Å². The fourth-order valence-electron chi connectivity index (χ4n) is 2.60. The van der Waals surface area contributed by atoms with E-state index in [0.717, 1.165) is 16.7 Å². The molecule has 5 heteroatoms. The second kappa shape index (κ2) is 5.28. The van der Waals surface area contributed by atoms with E-state index in [2.05, 4.69) is 10.3 Å². The largest absolute Gasteiger partial charge is 0.454 e. The molecule has 23 heavy (non-hydrogen) atoms. The molecule has 2 aromatic carbocycles. The molecule has 1 amide bonds. The number of hydrogen-bond acceptors (Lipinski definition) is 4. The first kappa shape index (κ1) is 13.6. The number of amides is 1. The molecule has 0 aliphatic carbocycles. The first-order valence-corrected chi connectivity index (χ1v) is 7.28. The van der Waals surface area contributed by atoms with Crippen LogP contribution in [0.2, 0.25) is 0 Å². The summed E-state index contributed by atoms with van der Waals surface area (Å²) < 4.78 is 10.6. The van der Waals surface area contributed by atoms with Crippen molar-refractivity contribution in [2.24, 2.45) is 4.99 Å². The molecule has 2 aromatic rings. The van der Waals surface area contributed by atoms with Gasteiger partial charge in [-0.15, -0.1) is 0 Å². The third-order valence-electron chi connectivity index (χ3n) is 3.80. The standard InChI is InChI=1S/C18H14N2O3/c1-11-4-2-3-5-13(11)17-19-14(18(21)20-17)8-12-6-7-15-16(9-12)23-10-22-15/h2-9H,10H2,1H3,(H,19,20,21)/b14-8+. The summed E-state index contributed by atoms with van der Waals surface area (Å²) in [6, 6.07) is 13.4. The van der Waals surface area contributed by atoms with Crippen LogP contribution in [0.3, 0.4) is 0 Å². The molecule has 0 saturated heterocycles. The van der Waals surface area contributed by atoms with Crippen LogP contribution in [-0.4, -0.2) is 18.5 Å². The summed E-state index contributed by atoms with van der Waals surface area (Å²) in [4.78, 5) is 16.6. The second-order valence-electron chi connectivity index (χ2n) is 5.37. The number of aryl methyl sites for hydroxylation is 1. The predicted octanol–water partition coefficient (Wildman–Crippen LogP) is 2.64. The molecular weight excluding hydrogens is 292 g/mol. The highest BCUT2D eigenvalue weighted by molar-refractivity contribution is 6.20. The van der Waals surface area contributed by atoms with Crippen LogP contribution in [0.4, 0.5) is 0 Å². The summed E-state index contributed by atoms with van der Waals surface area (Å²) in [6.45, 7) is 2.22. The number of ether oxygens (including phenoxy) is 2. The molecule has 0 atom stereocenters. The number of rotatable bonds is 2. The van der Waals surface area contributed by atoms with E-state index in [1.165, 1.54) is 0 Å². The third kappa shape index (κ3) is 2.46. The summed E-state index contributed by atoms with van der Waals surface area (Å²) in [6.07, 6.45) is 1.74. The Hall–Kier alpha value is -3.08.